The summed E-state index contributed by atoms with van der Waals surface area (Å²) in [6.07, 6.45) is 4.46. The van der Waals surface area contributed by atoms with Gasteiger partial charge in [-0.3, -0.25) is 4.79 Å². The third kappa shape index (κ3) is 3.79. The number of carboxylic acid groups (broad SMARTS) is 1. The zero-order chi connectivity index (χ0) is 14.5. The third-order valence-electron chi connectivity index (χ3n) is 4.09. The molecule has 0 aromatic heterocycles. The van der Waals surface area contributed by atoms with Crippen LogP contribution in [0.4, 0.5) is 4.39 Å². The van der Waals surface area contributed by atoms with E-state index in [9.17, 15) is 14.3 Å². The minimum absolute atomic E-state index is 0.213. The van der Waals surface area contributed by atoms with Gasteiger partial charge in [-0.2, -0.15) is 0 Å². The summed E-state index contributed by atoms with van der Waals surface area (Å²) in [5, 5.41) is 12.4. The number of nitrogens with one attached hydrogen (secondary N) is 1. The van der Waals surface area contributed by atoms with Gasteiger partial charge in [-0.05, 0) is 49.3 Å². The second kappa shape index (κ2) is 6.84. The van der Waals surface area contributed by atoms with E-state index in [1.54, 1.807) is 0 Å². The molecule has 110 valence electrons. The van der Waals surface area contributed by atoms with Crippen LogP contribution in [0.5, 0.6) is 0 Å². The van der Waals surface area contributed by atoms with Crippen molar-refractivity contribution < 1.29 is 14.3 Å². The first-order valence-corrected chi connectivity index (χ1v) is 7.34. The van der Waals surface area contributed by atoms with E-state index in [0.29, 0.717) is 12.3 Å². The number of rotatable bonds is 6. The molecule has 3 unspecified atom stereocenters. The van der Waals surface area contributed by atoms with Crippen molar-refractivity contribution in [2.45, 2.75) is 57.0 Å². The SMILES string of the molecule is CCCC(NC1CCC(c2ccc(F)cc2)C1)C(=O)O. The van der Waals surface area contributed by atoms with Crippen molar-refractivity contribution in [3.8, 4) is 0 Å². The summed E-state index contributed by atoms with van der Waals surface area (Å²) < 4.78 is 12.9. The van der Waals surface area contributed by atoms with Gasteiger partial charge in [-0.15, -0.1) is 0 Å². The van der Waals surface area contributed by atoms with Crippen LogP contribution in [0.25, 0.3) is 0 Å². The standard InChI is InChI=1S/C16H22FNO2/c1-2-3-15(16(19)20)18-14-9-6-12(10-14)11-4-7-13(17)8-5-11/h4-5,7-8,12,14-15,18H,2-3,6,9-10H2,1H3,(H,19,20). The van der Waals surface area contributed by atoms with Crippen LogP contribution in [-0.4, -0.2) is 23.2 Å². The van der Waals surface area contributed by atoms with Gasteiger partial charge in [0.25, 0.3) is 0 Å². The number of carboxylic acids is 1. The van der Waals surface area contributed by atoms with Gasteiger partial charge < -0.3 is 10.4 Å². The van der Waals surface area contributed by atoms with Gasteiger partial charge in [-0.1, -0.05) is 25.5 Å². The van der Waals surface area contributed by atoms with Crippen molar-refractivity contribution in [3.63, 3.8) is 0 Å². The molecule has 1 aliphatic carbocycles. The number of benzene rings is 1. The molecule has 3 atom stereocenters. The molecule has 20 heavy (non-hydrogen) atoms. The summed E-state index contributed by atoms with van der Waals surface area (Å²) in [4.78, 5) is 11.2. The van der Waals surface area contributed by atoms with Crippen LogP contribution in [0.2, 0.25) is 0 Å². The first-order chi connectivity index (χ1) is 9.60. The summed E-state index contributed by atoms with van der Waals surface area (Å²) >= 11 is 0. The largest absolute Gasteiger partial charge is 0.480 e. The Morgan fingerprint density at radius 3 is 2.70 bits per heavy atom. The topological polar surface area (TPSA) is 49.3 Å². The Bertz CT molecular complexity index is 446. The fourth-order valence-corrected chi connectivity index (χ4v) is 3.02. The van der Waals surface area contributed by atoms with Crippen LogP contribution < -0.4 is 5.32 Å². The highest BCUT2D eigenvalue weighted by Crippen LogP contribution is 2.34. The molecule has 4 heteroatoms. The van der Waals surface area contributed by atoms with Crippen molar-refractivity contribution in [2.75, 3.05) is 0 Å². The molecule has 3 nitrogen and oxygen atoms in total. The minimum atomic E-state index is -0.767. The minimum Gasteiger partial charge on any atom is -0.480 e. The highest BCUT2D eigenvalue weighted by Gasteiger charge is 2.29. The predicted molar refractivity (Wildman–Crippen MR) is 76.2 cm³/mol. The molecule has 1 aromatic rings. The van der Waals surface area contributed by atoms with Gasteiger partial charge in [0.15, 0.2) is 0 Å². The molecular weight excluding hydrogens is 257 g/mol. The molecule has 1 saturated carbocycles. The van der Waals surface area contributed by atoms with Crippen molar-refractivity contribution in [2.24, 2.45) is 0 Å². The van der Waals surface area contributed by atoms with Gasteiger partial charge in [0, 0.05) is 6.04 Å². The lowest BCUT2D eigenvalue weighted by Gasteiger charge is -2.19. The van der Waals surface area contributed by atoms with Crippen LogP contribution in [0.15, 0.2) is 24.3 Å². The van der Waals surface area contributed by atoms with Crippen molar-refractivity contribution in [1.29, 1.82) is 0 Å². The molecule has 1 aromatic carbocycles. The quantitative estimate of drug-likeness (QED) is 0.840. The lowest BCUT2D eigenvalue weighted by Crippen LogP contribution is -2.42. The van der Waals surface area contributed by atoms with Crippen LogP contribution in [0.3, 0.4) is 0 Å². The first kappa shape index (κ1) is 15.0. The van der Waals surface area contributed by atoms with Gasteiger partial charge in [0.2, 0.25) is 0 Å². The Morgan fingerprint density at radius 2 is 2.10 bits per heavy atom. The third-order valence-corrected chi connectivity index (χ3v) is 4.09. The fraction of sp³-hybridized carbons (Fsp3) is 0.562. The Labute approximate surface area is 119 Å². The van der Waals surface area contributed by atoms with Crippen LogP contribution in [-0.2, 0) is 4.79 Å². The van der Waals surface area contributed by atoms with Crippen LogP contribution in [0.1, 0.15) is 50.5 Å². The summed E-state index contributed by atoms with van der Waals surface area (Å²) in [5.41, 5.74) is 1.15. The molecule has 0 aliphatic heterocycles. The van der Waals surface area contributed by atoms with Gasteiger partial charge in [-0.25, -0.2) is 4.39 Å². The monoisotopic (exact) mass is 279 g/mol. The normalized spacial score (nSPS) is 23.7. The predicted octanol–water partition coefficient (Wildman–Crippen LogP) is 3.30. The first-order valence-electron chi connectivity index (χ1n) is 7.34. The van der Waals surface area contributed by atoms with E-state index >= 15 is 0 Å². The smallest absolute Gasteiger partial charge is 0.320 e. The Hall–Kier alpha value is -1.42. The van der Waals surface area contributed by atoms with E-state index in [2.05, 4.69) is 5.32 Å². The van der Waals surface area contributed by atoms with E-state index in [1.807, 2.05) is 19.1 Å². The van der Waals surface area contributed by atoms with E-state index < -0.39 is 12.0 Å². The zero-order valence-corrected chi connectivity index (χ0v) is 11.8. The fourth-order valence-electron chi connectivity index (χ4n) is 3.02. The number of halogens is 1. The highest BCUT2D eigenvalue weighted by molar-refractivity contribution is 5.73. The van der Waals surface area contributed by atoms with Crippen molar-refractivity contribution >= 4 is 5.97 Å². The average molecular weight is 279 g/mol. The molecule has 0 heterocycles. The Balaban J connectivity index is 1.91. The van der Waals surface area contributed by atoms with Crippen molar-refractivity contribution in [3.05, 3.63) is 35.6 Å². The summed E-state index contributed by atoms with van der Waals surface area (Å²) in [6, 6.07) is 6.46. The van der Waals surface area contributed by atoms with E-state index in [-0.39, 0.29) is 11.9 Å². The molecule has 2 rings (SSSR count). The second-order valence-corrected chi connectivity index (χ2v) is 5.60. The van der Waals surface area contributed by atoms with Crippen LogP contribution in [0, 0.1) is 5.82 Å². The maximum atomic E-state index is 12.9. The van der Waals surface area contributed by atoms with Gasteiger partial charge in [0.1, 0.15) is 11.9 Å². The number of hydrogen-bond acceptors (Lipinski definition) is 2. The summed E-state index contributed by atoms with van der Waals surface area (Å²) in [6.45, 7) is 1.99. The molecule has 1 fully saturated rings. The van der Waals surface area contributed by atoms with Crippen LogP contribution >= 0.6 is 0 Å². The molecule has 0 bridgehead atoms. The molecule has 1 aliphatic rings. The number of carbonyl (C=O) groups is 1. The summed E-state index contributed by atoms with van der Waals surface area (Å²) in [5.74, 6) is -0.573. The lowest BCUT2D eigenvalue weighted by molar-refractivity contribution is -0.139. The molecule has 2 N–H and O–H groups in total. The average Bonchev–Trinajstić information content (AvgIpc) is 2.87. The Morgan fingerprint density at radius 1 is 1.40 bits per heavy atom. The molecule has 0 saturated heterocycles. The van der Waals surface area contributed by atoms with Crippen molar-refractivity contribution in [1.82, 2.24) is 5.32 Å². The van der Waals surface area contributed by atoms with Gasteiger partial charge in [0.05, 0.1) is 0 Å². The molecule has 0 amide bonds. The number of hydrogen-bond donors (Lipinski definition) is 2. The lowest BCUT2D eigenvalue weighted by atomic mass is 9.97. The van der Waals surface area contributed by atoms with E-state index in [1.165, 1.54) is 12.1 Å². The molecule has 0 spiro atoms. The molecule has 0 radical (unpaired) electrons. The maximum absolute atomic E-state index is 12.9. The van der Waals surface area contributed by atoms with Gasteiger partial charge >= 0.3 is 5.97 Å². The Kier molecular flexibility index (Phi) is 5.12. The van der Waals surface area contributed by atoms with E-state index in [4.69, 9.17) is 0 Å². The zero-order valence-electron chi connectivity index (χ0n) is 11.8. The maximum Gasteiger partial charge on any atom is 0.320 e. The van der Waals surface area contributed by atoms with E-state index in [0.717, 1.165) is 31.2 Å². The highest BCUT2D eigenvalue weighted by atomic mass is 19.1. The second-order valence-electron chi connectivity index (χ2n) is 5.60. The number of aliphatic carboxylic acids is 1. The molecular formula is C16H22FNO2. The summed E-state index contributed by atoms with van der Waals surface area (Å²) in [7, 11) is 0.